The van der Waals surface area contributed by atoms with Crippen molar-refractivity contribution >= 4 is 6.29 Å². The molecule has 0 aromatic rings. The van der Waals surface area contributed by atoms with Crippen molar-refractivity contribution in [2.24, 2.45) is 0 Å². The Kier molecular flexibility index (Phi) is 7.46. The molecule has 0 saturated heterocycles. The number of allylic oxidation sites excluding steroid dienone is 4. The predicted octanol–water partition coefficient (Wildman–Crippen LogP) is 2.49. The standard InChI is InChI=1S/C9H14O/c1-2-3-4-5-6-7-8-9-10/h3-4,7-9H,2,5-6H2,1H3/b4-3?,8-7+. The number of carbonyl (C=O) groups excluding carboxylic acids is 1. The molecular formula is C9H14O. The van der Waals surface area contributed by atoms with Gasteiger partial charge in [0, 0.05) is 0 Å². The number of hydrogen-bond acceptors (Lipinski definition) is 1. The van der Waals surface area contributed by atoms with Gasteiger partial charge in [0.25, 0.3) is 0 Å². The van der Waals surface area contributed by atoms with Gasteiger partial charge in [-0.25, -0.2) is 0 Å². The first-order valence-electron chi connectivity index (χ1n) is 3.67. The van der Waals surface area contributed by atoms with E-state index >= 15 is 0 Å². The zero-order chi connectivity index (χ0) is 7.66. The van der Waals surface area contributed by atoms with Crippen molar-refractivity contribution in [2.45, 2.75) is 26.2 Å². The van der Waals surface area contributed by atoms with Gasteiger partial charge >= 0.3 is 0 Å². The van der Waals surface area contributed by atoms with E-state index in [1.807, 2.05) is 6.08 Å². The summed E-state index contributed by atoms with van der Waals surface area (Å²) in [5.74, 6) is 0. The number of carbonyl (C=O) groups is 1. The van der Waals surface area contributed by atoms with Crippen LogP contribution < -0.4 is 0 Å². The maximum absolute atomic E-state index is 9.79. The maximum Gasteiger partial charge on any atom is 0.142 e. The van der Waals surface area contributed by atoms with Crippen molar-refractivity contribution in [3.8, 4) is 0 Å². The second kappa shape index (κ2) is 8.15. The molecule has 0 amide bonds. The summed E-state index contributed by atoms with van der Waals surface area (Å²) in [6.07, 6.45) is 11.6. The maximum atomic E-state index is 9.79. The Morgan fingerprint density at radius 3 is 2.40 bits per heavy atom. The zero-order valence-electron chi connectivity index (χ0n) is 6.42. The van der Waals surface area contributed by atoms with Crippen LogP contribution in [0.15, 0.2) is 24.3 Å². The van der Waals surface area contributed by atoms with Gasteiger partial charge < -0.3 is 0 Å². The van der Waals surface area contributed by atoms with Crippen molar-refractivity contribution in [3.63, 3.8) is 0 Å². The summed E-state index contributed by atoms with van der Waals surface area (Å²) in [5, 5.41) is 0. The molecule has 0 aliphatic heterocycles. The highest BCUT2D eigenvalue weighted by Crippen LogP contribution is 1.92. The smallest absolute Gasteiger partial charge is 0.142 e. The van der Waals surface area contributed by atoms with E-state index in [4.69, 9.17) is 0 Å². The Bertz CT molecular complexity index is 123. The van der Waals surface area contributed by atoms with E-state index in [-0.39, 0.29) is 0 Å². The quantitative estimate of drug-likeness (QED) is 0.247. The van der Waals surface area contributed by atoms with Crippen molar-refractivity contribution in [3.05, 3.63) is 24.3 Å². The summed E-state index contributed by atoms with van der Waals surface area (Å²) in [6, 6.07) is 0. The second-order valence-electron chi connectivity index (χ2n) is 2.02. The van der Waals surface area contributed by atoms with Crippen LogP contribution in [0.5, 0.6) is 0 Å². The molecule has 0 N–H and O–H groups in total. The SMILES string of the molecule is CCC=CCC/C=C/C=O. The topological polar surface area (TPSA) is 17.1 Å². The summed E-state index contributed by atoms with van der Waals surface area (Å²) in [4.78, 5) is 9.79. The lowest BCUT2D eigenvalue weighted by atomic mass is 10.2. The van der Waals surface area contributed by atoms with Gasteiger partial charge in [-0.2, -0.15) is 0 Å². The predicted molar refractivity (Wildman–Crippen MR) is 43.9 cm³/mol. The van der Waals surface area contributed by atoms with E-state index in [1.54, 1.807) is 6.08 Å². The van der Waals surface area contributed by atoms with Gasteiger partial charge in [-0.3, -0.25) is 4.79 Å². The highest BCUT2D eigenvalue weighted by atomic mass is 16.1. The van der Waals surface area contributed by atoms with Crippen LogP contribution in [0.2, 0.25) is 0 Å². The Labute approximate surface area is 62.4 Å². The minimum atomic E-state index is 0.809. The molecule has 56 valence electrons. The molecular weight excluding hydrogens is 124 g/mol. The molecule has 0 radical (unpaired) electrons. The molecule has 0 heterocycles. The van der Waals surface area contributed by atoms with E-state index in [2.05, 4.69) is 19.1 Å². The third kappa shape index (κ3) is 7.15. The van der Waals surface area contributed by atoms with Gasteiger partial charge in [0.1, 0.15) is 6.29 Å². The first-order chi connectivity index (χ1) is 4.91. The summed E-state index contributed by atoms with van der Waals surface area (Å²) in [7, 11) is 0. The van der Waals surface area contributed by atoms with E-state index in [0.29, 0.717) is 0 Å². The Morgan fingerprint density at radius 1 is 1.10 bits per heavy atom. The summed E-state index contributed by atoms with van der Waals surface area (Å²) in [6.45, 7) is 2.11. The first-order valence-corrected chi connectivity index (χ1v) is 3.67. The average Bonchev–Trinajstić information content (AvgIpc) is 1.97. The summed E-state index contributed by atoms with van der Waals surface area (Å²) < 4.78 is 0. The summed E-state index contributed by atoms with van der Waals surface area (Å²) >= 11 is 0. The lowest BCUT2D eigenvalue weighted by molar-refractivity contribution is -0.104. The third-order valence-corrected chi connectivity index (χ3v) is 1.12. The molecule has 0 aromatic heterocycles. The van der Waals surface area contributed by atoms with E-state index in [0.717, 1.165) is 25.5 Å². The molecule has 0 aliphatic rings. The number of aldehydes is 1. The van der Waals surface area contributed by atoms with Gasteiger partial charge in [-0.05, 0) is 25.3 Å². The van der Waals surface area contributed by atoms with Gasteiger partial charge in [-0.1, -0.05) is 25.2 Å². The van der Waals surface area contributed by atoms with Crippen LogP contribution in [-0.4, -0.2) is 6.29 Å². The number of hydrogen-bond donors (Lipinski definition) is 0. The van der Waals surface area contributed by atoms with Crippen molar-refractivity contribution < 1.29 is 4.79 Å². The molecule has 0 aliphatic carbocycles. The van der Waals surface area contributed by atoms with Crippen LogP contribution in [0.25, 0.3) is 0 Å². The average molecular weight is 138 g/mol. The third-order valence-electron chi connectivity index (χ3n) is 1.12. The van der Waals surface area contributed by atoms with Crippen LogP contribution in [0.1, 0.15) is 26.2 Å². The van der Waals surface area contributed by atoms with Crippen molar-refractivity contribution in [2.75, 3.05) is 0 Å². The normalized spacial score (nSPS) is 11.3. The molecule has 1 heteroatoms. The van der Waals surface area contributed by atoms with Gasteiger partial charge in [0.2, 0.25) is 0 Å². The van der Waals surface area contributed by atoms with E-state index in [9.17, 15) is 4.79 Å². The molecule has 0 unspecified atom stereocenters. The fraction of sp³-hybridized carbons (Fsp3) is 0.444. The lowest BCUT2D eigenvalue weighted by Crippen LogP contribution is -1.65. The fourth-order valence-electron chi connectivity index (χ4n) is 0.629. The monoisotopic (exact) mass is 138 g/mol. The van der Waals surface area contributed by atoms with Crippen molar-refractivity contribution in [1.82, 2.24) is 0 Å². The van der Waals surface area contributed by atoms with Crippen LogP contribution in [0.4, 0.5) is 0 Å². The molecule has 0 fully saturated rings. The van der Waals surface area contributed by atoms with E-state index < -0.39 is 0 Å². The highest BCUT2D eigenvalue weighted by Gasteiger charge is 1.73. The molecule has 10 heavy (non-hydrogen) atoms. The lowest BCUT2D eigenvalue weighted by Gasteiger charge is -1.83. The Hall–Kier alpha value is -0.850. The largest absolute Gasteiger partial charge is 0.299 e. The fourth-order valence-corrected chi connectivity index (χ4v) is 0.629. The minimum Gasteiger partial charge on any atom is -0.299 e. The number of rotatable bonds is 5. The van der Waals surface area contributed by atoms with Gasteiger partial charge in [0.05, 0.1) is 0 Å². The Morgan fingerprint density at radius 2 is 1.80 bits per heavy atom. The molecule has 0 aromatic carbocycles. The van der Waals surface area contributed by atoms with Crippen molar-refractivity contribution in [1.29, 1.82) is 0 Å². The summed E-state index contributed by atoms with van der Waals surface area (Å²) in [5.41, 5.74) is 0. The first kappa shape index (κ1) is 9.15. The highest BCUT2D eigenvalue weighted by molar-refractivity contribution is 5.64. The molecule has 0 rings (SSSR count). The van der Waals surface area contributed by atoms with Crippen LogP contribution in [-0.2, 0) is 4.79 Å². The molecule has 0 spiro atoms. The molecule has 0 atom stereocenters. The van der Waals surface area contributed by atoms with Gasteiger partial charge in [0.15, 0.2) is 0 Å². The van der Waals surface area contributed by atoms with Crippen LogP contribution >= 0.6 is 0 Å². The molecule has 0 bridgehead atoms. The van der Waals surface area contributed by atoms with Crippen LogP contribution in [0.3, 0.4) is 0 Å². The Balaban J connectivity index is 3.11. The minimum absolute atomic E-state index is 0.809. The molecule has 1 nitrogen and oxygen atoms in total. The number of unbranched alkanes of at least 4 members (excludes halogenated alkanes) is 1. The van der Waals surface area contributed by atoms with Gasteiger partial charge in [-0.15, -0.1) is 0 Å². The van der Waals surface area contributed by atoms with Crippen LogP contribution in [0, 0.1) is 0 Å². The molecule has 0 saturated carbocycles. The zero-order valence-corrected chi connectivity index (χ0v) is 6.42. The second-order valence-corrected chi connectivity index (χ2v) is 2.02. The van der Waals surface area contributed by atoms with E-state index in [1.165, 1.54) is 0 Å².